The molecule has 2 nitrogen and oxygen atoms in total. The van der Waals surface area contributed by atoms with Gasteiger partial charge in [-0.1, -0.05) is 27.2 Å². The molecule has 100 valence electrons. The van der Waals surface area contributed by atoms with Crippen molar-refractivity contribution in [2.75, 3.05) is 13.2 Å². The van der Waals surface area contributed by atoms with Crippen molar-refractivity contribution in [2.24, 2.45) is 28.9 Å². The summed E-state index contributed by atoms with van der Waals surface area (Å²) in [5.41, 5.74) is 6.82. The fourth-order valence-corrected chi connectivity index (χ4v) is 4.09. The first-order chi connectivity index (χ1) is 8.01. The van der Waals surface area contributed by atoms with E-state index in [1.165, 1.54) is 32.1 Å². The van der Waals surface area contributed by atoms with Crippen LogP contribution in [0.4, 0.5) is 0 Å². The molecule has 2 aliphatic rings. The van der Waals surface area contributed by atoms with Gasteiger partial charge in [0.15, 0.2) is 0 Å². The fraction of sp³-hybridized carbons (Fsp3) is 1.00. The van der Waals surface area contributed by atoms with Gasteiger partial charge in [0.2, 0.25) is 0 Å². The fourth-order valence-electron chi connectivity index (χ4n) is 4.09. The van der Waals surface area contributed by atoms with Crippen LogP contribution in [-0.4, -0.2) is 19.3 Å². The molecule has 0 bridgehead atoms. The van der Waals surface area contributed by atoms with Crippen molar-refractivity contribution < 1.29 is 4.74 Å². The molecule has 17 heavy (non-hydrogen) atoms. The maximum Gasteiger partial charge on any atom is 0.0468 e. The van der Waals surface area contributed by atoms with E-state index in [0.717, 1.165) is 25.0 Å². The van der Waals surface area contributed by atoms with Crippen LogP contribution in [0.5, 0.6) is 0 Å². The molecule has 0 spiro atoms. The summed E-state index contributed by atoms with van der Waals surface area (Å²) in [5, 5.41) is 0. The standard InChI is InChI=1S/C15H29NO/c1-11-4-5-13(14(16)10-11)15(2,3)12-6-8-17-9-7-12/h11-14H,4-10,16H2,1-3H3. The monoisotopic (exact) mass is 239 g/mol. The zero-order chi connectivity index (χ0) is 12.5. The Kier molecular flexibility index (Phi) is 4.14. The maximum atomic E-state index is 6.43. The quantitative estimate of drug-likeness (QED) is 0.803. The van der Waals surface area contributed by atoms with E-state index < -0.39 is 0 Å². The minimum absolute atomic E-state index is 0.392. The average Bonchev–Trinajstić information content (AvgIpc) is 2.29. The molecule has 1 saturated heterocycles. The number of hydrogen-bond acceptors (Lipinski definition) is 2. The summed E-state index contributed by atoms with van der Waals surface area (Å²) < 4.78 is 5.49. The summed E-state index contributed by atoms with van der Waals surface area (Å²) >= 11 is 0. The Bertz CT molecular complexity index is 245. The Morgan fingerprint density at radius 1 is 1.06 bits per heavy atom. The second kappa shape index (κ2) is 5.27. The van der Waals surface area contributed by atoms with Gasteiger partial charge in [0, 0.05) is 19.3 Å². The van der Waals surface area contributed by atoms with Gasteiger partial charge in [-0.15, -0.1) is 0 Å². The topological polar surface area (TPSA) is 35.2 Å². The lowest BCUT2D eigenvalue weighted by Crippen LogP contribution is -2.47. The van der Waals surface area contributed by atoms with E-state index in [-0.39, 0.29) is 0 Å². The molecule has 1 aliphatic heterocycles. The van der Waals surface area contributed by atoms with Crippen molar-refractivity contribution in [3.8, 4) is 0 Å². The van der Waals surface area contributed by atoms with Crippen molar-refractivity contribution in [3.05, 3.63) is 0 Å². The molecule has 1 aliphatic carbocycles. The molecule has 2 N–H and O–H groups in total. The maximum absolute atomic E-state index is 6.43. The van der Waals surface area contributed by atoms with Gasteiger partial charge in [0.05, 0.1) is 0 Å². The van der Waals surface area contributed by atoms with Gasteiger partial charge in [-0.25, -0.2) is 0 Å². The molecular weight excluding hydrogens is 210 g/mol. The first-order valence-corrected chi connectivity index (χ1v) is 7.35. The van der Waals surface area contributed by atoms with Crippen molar-refractivity contribution in [2.45, 2.75) is 58.9 Å². The van der Waals surface area contributed by atoms with Crippen LogP contribution in [0.2, 0.25) is 0 Å². The molecule has 0 amide bonds. The van der Waals surface area contributed by atoms with Crippen LogP contribution in [0.15, 0.2) is 0 Å². The highest BCUT2D eigenvalue weighted by Gasteiger charge is 2.42. The second-order valence-corrected chi connectivity index (χ2v) is 6.90. The van der Waals surface area contributed by atoms with Crippen molar-refractivity contribution in [3.63, 3.8) is 0 Å². The molecule has 3 unspecified atom stereocenters. The lowest BCUT2D eigenvalue weighted by atomic mass is 9.60. The molecule has 1 heterocycles. The second-order valence-electron chi connectivity index (χ2n) is 6.90. The van der Waals surface area contributed by atoms with Crippen LogP contribution in [0.3, 0.4) is 0 Å². The van der Waals surface area contributed by atoms with Gasteiger partial charge >= 0.3 is 0 Å². The van der Waals surface area contributed by atoms with E-state index in [1.54, 1.807) is 0 Å². The first-order valence-electron chi connectivity index (χ1n) is 7.35. The highest BCUT2D eigenvalue weighted by Crippen LogP contribution is 2.47. The smallest absolute Gasteiger partial charge is 0.0468 e. The van der Waals surface area contributed by atoms with Gasteiger partial charge in [-0.2, -0.15) is 0 Å². The third-order valence-electron chi connectivity index (χ3n) is 5.39. The van der Waals surface area contributed by atoms with Gasteiger partial charge < -0.3 is 10.5 Å². The molecule has 1 saturated carbocycles. The zero-order valence-electron chi connectivity index (χ0n) is 11.7. The summed E-state index contributed by atoms with van der Waals surface area (Å²) in [6.45, 7) is 9.14. The number of hydrogen-bond donors (Lipinski definition) is 1. The minimum Gasteiger partial charge on any atom is -0.381 e. The van der Waals surface area contributed by atoms with Crippen LogP contribution in [0.1, 0.15) is 52.9 Å². The Balaban J connectivity index is 2.02. The van der Waals surface area contributed by atoms with Gasteiger partial charge in [-0.3, -0.25) is 0 Å². The van der Waals surface area contributed by atoms with Crippen LogP contribution >= 0.6 is 0 Å². The van der Waals surface area contributed by atoms with Crippen LogP contribution in [-0.2, 0) is 4.74 Å². The molecular formula is C15H29NO. The van der Waals surface area contributed by atoms with E-state index in [9.17, 15) is 0 Å². The Morgan fingerprint density at radius 3 is 2.29 bits per heavy atom. The van der Waals surface area contributed by atoms with Crippen LogP contribution < -0.4 is 5.73 Å². The summed E-state index contributed by atoms with van der Waals surface area (Å²) in [7, 11) is 0. The normalized spacial score (nSPS) is 37.1. The third-order valence-corrected chi connectivity index (χ3v) is 5.39. The van der Waals surface area contributed by atoms with E-state index in [2.05, 4.69) is 20.8 Å². The molecule has 2 fully saturated rings. The van der Waals surface area contributed by atoms with Crippen LogP contribution in [0, 0.1) is 23.2 Å². The third kappa shape index (κ3) is 2.85. The summed E-state index contributed by atoms with van der Waals surface area (Å²) in [6, 6.07) is 0.414. The van der Waals surface area contributed by atoms with Crippen molar-refractivity contribution >= 4 is 0 Å². The number of ether oxygens (including phenoxy) is 1. The predicted molar refractivity (Wildman–Crippen MR) is 71.8 cm³/mol. The molecule has 3 atom stereocenters. The average molecular weight is 239 g/mol. The van der Waals surface area contributed by atoms with Crippen LogP contribution in [0.25, 0.3) is 0 Å². The van der Waals surface area contributed by atoms with Crippen molar-refractivity contribution in [1.29, 1.82) is 0 Å². The largest absolute Gasteiger partial charge is 0.381 e. The molecule has 0 radical (unpaired) electrons. The molecule has 0 aromatic carbocycles. The highest BCUT2D eigenvalue weighted by molar-refractivity contribution is 4.94. The first kappa shape index (κ1) is 13.4. The number of nitrogens with two attached hydrogens (primary N) is 1. The molecule has 0 aromatic heterocycles. The summed E-state index contributed by atoms with van der Waals surface area (Å²) in [6.07, 6.45) is 6.37. The van der Waals surface area contributed by atoms with E-state index in [1.807, 2.05) is 0 Å². The van der Waals surface area contributed by atoms with Gasteiger partial charge in [-0.05, 0) is 48.9 Å². The summed E-state index contributed by atoms with van der Waals surface area (Å²) in [5.74, 6) is 2.34. The van der Waals surface area contributed by atoms with Crippen molar-refractivity contribution in [1.82, 2.24) is 0 Å². The highest BCUT2D eigenvalue weighted by atomic mass is 16.5. The van der Waals surface area contributed by atoms with E-state index in [4.69, 9.17) is 10.5 Å². The zero-order valence-corrected chi connectivity index (χ0v) is 11.7. The lowest BCUT2D eigenvalue weighted by molar-refractivity contribution is -0.0189. The molecule has 2 rings (SSSR count). The Hall–Kier alpha value is -0.0800. The Labute approximate surface area is 106 Å². The van der Waals surface area contributed by atoms with Gasteiger partial charge in [0.25, 0.3) is 0 Å². The van der Waals surface area contributed by atoms with E-state index in [0.29, 0.717) is 17.4 Å². The molecule has 0 aromatic rings. The minimum atomic E-state index is 0.392. The Morgan fingerprint density at radius 2 is 1.71 bits per heavy atom. The SMILES string of the molecule is CC1CCC(C(C)(C)C2CCOCC2)C(N)C1. The van der Waals surface area contributed by atoms with Gasteiger partial charge in [0.1, 0.15) is 0 Å². The van der Waals surface area contributed by atoms with E-state index >= 15 is 0 Å². The molecule has 2 heteroatoms. The lowest BCUT2D eigenvalue weighted by Gasteiger charge is -2.48. The predicted octanol–water partition coefficient (Wildman–Crippen LogP) is 3.20. The number of rotatable bonds is 2. The summed E-state index contributed by atoms with van der Waals surface area (Å²) in [4.78, 5) is 0.